The van der Waals surface area contributed by atoms with Crippen molar-refractivity contribution in [1.29, 1.82) is 0 Å². The largest absolute Gasteiger partial charge is 0.409 e. The fourth-order valence-corrected chi connectivity index (χ4v) is 1.16. The molecule has 0 unspecified atom stereocenters. The van der Waals surface area contributed by atoms with Crippen molar-refractivity contribution in [2.24, 2.45) is 16.6 Å². The predicted molar refractivity (Wildman–Crippen MR) is 56.9 cm³/mol. The highest BCUT2D eigenvalue weighted by atomic mass is 16.4. The van der Waals surface area contributed by atoms with E-state index in [1.807, 2.05) is 0 Å². The van der Waals surface area contributed by atoms with Crippen molar-refractivity contribution in [3.05, 3.63) is 29.8 Å². The van der Waals surface area contributed by atoms with Gasteiger partial charge in [-0.3, -0.25) is 4.90 Å². The third-order valence-electron chi connectivity index (χ3n) is 1.98. The van der Waals surface area contributed by atoms with E-state index < -0.39 is 6.03 Å². The average molecular weight is 208 g/mol. The highest BCUT2D eigenvalue weighted by Gasteiger charge is 2.13. The summed E-state index contributed by atoms with van der Waals surface area (Å²) in [7, 11) is 1.51. The smallest absolute Gasteiger partial charge is 0.319 e. The number of para-hydroxylation sites is 1. The molecule has 6 nitrogen and oxygen atoms in total. The van der Waals surface area contributed by atoms with Gasteiger partial charge in [-0.25, -0.2) is 4.79 Å². The van der Waals surface area contributed by atoms with Crippen LogP contribution in [-0.4, -0.2) is 24.1 Å². The van der Waals surface area contributed by atoms with Crippen molar-refractivity contribution in [2.75, 3.05) is 11.9 Å². The van der Waals surface area contributed by atoms with Gasteiger partial charge in [0.1, 0.15) is 0 Å². The average Bonchev–Trinajstić information content (AvgIpc) is 2.27. The lowest BCUT2D eigenvalue weighted by Gasteiger charge is -2.17. The number of rotatable bonds is 2. The maximum Gasteiger partial charge on any atom is 0.319 e. The number of amidine groups is 1. The Kier molecular flexibility index (Phi) is 3.12. The number of amides is 2. The van der Waals surface area contributed by atoms with E-state index in [1.165, 1.54) is 11.9 Å². The molecule has 15 heavy (non-hydrogen) atoms. The third-order valence-corrected chi connectivity index (χ3v) is 1.98. The van der Waals surface area contributed by atoms with Crippen LogP contribution in [0.25, 0.3) is 0 Å². The number of urea groups is 1. The molecule has 0 aliphatic rings. The van der Waals surface area contributed by atoms with E-state index in [-0.39, 0.29) is 5.84 Å². The number of anilines is 1. The maximum absolute atomic E-state index is 11.0. The second-order valence-corrected chi connectivity index (χ2v) is 2.90. The number of nitrogens with zero attached hydrogens (tertiary/aromatic N) is 2. The SMILES string of the molecule is CN(C(N)=O)c1ccccc1C(N)=NO. The van der Waals surface area contributed by atoms with Crippen LogP contribution in [0.15, 0.2) is 29.4 Å². The van der Waals surface area contributed by atoms with Crippen molar-refractivity contribution < 1.29 is 10.0 Å². The summed E-state index contributed by atoms with van der Waals surface area (Å²) < 4.78 is 0. The van der Waals surface area contributed by atoms with Crippen molar-refractivity contribution in [3.8, 4) is 0 Å². The number of primary amides is 1. The minimum atomic E-state index is -0.617. The maximum atomic E-state index is 11.0. The first-order chi connectivity index (χ1) is 7.07. The second kappa shape index (κ2) is 4.32. The van der Waals surface area contributed by atoms with Gasteiger partial charge in [-0.15, -0.1) is 0 Å². The molecular formula is C9H12N4O2. The Balaban J connectivity index is 3.23. The standard InChI is InChI=1S/C9H12N4O2/c1-13(9(11)14)7-5-3-2-4-6(7)8(10)12-15/h2-5,15H,1H3,(H2,10,12)(H2,11,14). The summed E-state index contributed by atoms with van der Waals surface area (Å²) >= 11 is 0. The summed E-state index contributed by atoms with van der Waals surface area (Å²) in [6.45, 7) is 0. The van der Waals surface area contributed by atoms with Gasteiger partial charge in [-0.2, -0.15) is 0 Å². The van der Waals surface area contributed by atoms with Crippen LogP contribution in [0.1, 0.15) is 5.56 Å². The number of benzene rings is 1. The van der Waals surface area contributed by atoms with E-state index in [0.29, 0.717) is 11.3 Å². The number of oxime groups is 1. The Hall–Kier alpha value is -2.24. The molecule has 0 saturated carbocycles. The lowest BCUT2D eigenvalue weighted by atomic mass is 10.1. The first kappa shape index (κ1) is 10.8. The summed E-state index contributed by atoms with van der Waals surface area (Å²) in [6, 6.07) is 6.10. The van der Waals surface area contributed by atoms with Gasteiger partial charge in [0.05, 0.1) is 5.69 Å². The van der Waals surface area contributed by atoms with E-state index in [0.717, 1.165) is 0 Å². The normalized spacial score (nSPS) is 11.1. The Bertz CT molecular complexity index is 403. The first-order valence-corrected chi connectivity index (χ1v) is 4.18. The molecule has 1 aromatic carbocycles. The molecule has 1 aromatic rings. The number of hydrogen-bond donors (Lipinski definition) is 3. The van der Waals surface area contributed by atoms with Crippen LogP contribution in [0, 0.1) is 0 Å². The number of carbonyl (C=O) groups excluding carboxylic acids is 1. The van der Waals surface area contributed by atoms with Gasteiger partial charge in [0.15, 0.2) is 5.84 Å². The molecule has 0 aliphatic heterocycles. The highest BCUT2D eigenvalue weighted by Crippen LogP contribution is 2.18. The summed E-state index contributed by atoms with van der Waals surface area (Å²) in [5.74, 6) is -0.0706. The van der Waals surface area contributed by atoms with Crippen LogP contribution >= 0.6 is 0 Å². The minimum absolute atomic E-state index is 0.0706. The molecule has 0 fully saturated rings. The van der Waals surface area contributed by atoms with Crippen LogP contribution in [0.5, 0.6) is 0 Å². The molecule has 6 heteroatoms. The Labute approximate surface area is 86.8 Å². The van der Waals surface area contributed by atoms with Gasteiger partial charge >= 0.3 is 6.03 Å². The lowest BCUT2D eigenvalue weighted by Crippen LogP contribution is -2.33. The number of carbonyl (C=O) groups is 1. The summed E-state index contributed by atoms with van der Waals surface area (Å²) in [5.41, 5.74) is 11.5. The Morgan fingerprint density at radius 1 is 1.40 bits per heavy atom. The minimum Gasteiger partial charge on any atom is -0.409 e. The van der Waals surface area contributed by atoms with Crippen molar-refractivity contribution in [2.45, 2.75) is 0 Å². The van der Waals surface area contributed by atoms with E-state index in [1.54, 1.807) is 24.3 Å². The summed E-state index contributed by atoms with van der Waals surface area (Å²) in [6.07, 6.45) is 0. The van der Waals surface area contributed by atoms with E-state index in [9.17, 15) is 4.79 Å². The molecule has 0 atom stereocenters. The molecule has 80 valence electrons. The molecule has 0 bridgehead atoms. The lowest BCUT2D eigenvalue weighted by molar-refractivity contribution is 0.255. The van der Waals surface area contributed by atoms with E-state index in [2.05, 4.69) is 5.16 Å². The van der Waals surface area contributed by atoms with Crippen molar-refractivity contribution in [1.82, 2.24) is 0 Å². The molecular weight excluding hydrogens is 196 g/mol. The van der Waals surface area contributed by atoms with Gasteiger partial charge < -0.3 is 16.7 Å². The zero-order valence-electron chi connectivity index (χ0n) is 8.21. The van der Waals surface area contributed by atoms with Gasteiger partial charge in [0.25, 0.3) is 0 Å². The quantitative estimate of drug-likeness (QED) is 0.281. The van der Waals surface area contributed by atoms with Crippen LogP contribution < -0.4 is 16.4 Å². The third kappa shape index (κ3) is 2.16. The zero-order chi connectivity index (χ0) is 11.4. The molecule has 0 aliphatic carbocycles. The molecule has 0 spiro atoms. The van der Waals surface area contributed by atoms with Gasteiger partial charge in [-0.05, 0) is 12.1 Å². The zero-order valence-corrected chi connectivity index (χ0v) is 8.21. The second-order valence-electron chi connectivity index (χ2n) is 2.90. The molecule has 0 heterocycles. The van der Waals surface area contributed by atoms with Gasteiger partial charge in [-0.1, -0.05) is 17.3 Å². The molecule has 5 N–H and O–H groups in total. The topological polar surface area (TPSA) is 105 Å². The summed E-state index contributed by atoms with van der Waals surface area (Å²) in [5, 5.41) is 11.4. The Morgan fingerprint density at radius 2 is 2.00 bits per heavy atom. The summed E-state index contributed by atoms with van der Waals surface area (Å²) in [4.78, 5) is 12.2. The molecule has 0 aromatic heterocycles. The van der Waals surface area contributed by atoms with Crippen LogP contribution in [0.4, 0.5) is 10.5 Å². The van der Waals surface area contributed by atoms with Crippen LogP contribution in [-0.2, 0) is 0 Å². The van der Waals surface area contributed by atoms with Gasteiger partial charge in [0, 0.05) is 12.6 Å². The molecule has 0 saturated heterocycles. The fourth-order valence-electron chi connectivity index (χ4n) is 1.16. The number of nitrogens with two attached hydrogens (primary N) is 2. The van der Waals surface area contributed by atoms with E-state index in [4.69, 9.17) is 16.7 Å². The van der Waals surface area contributed by atoms with E-state index >= 15 is 0 Å². The monoisotopic (exact) mass is 208 g/mol. The highest BCUT2D eigenvalue weighted by molar-refractivity contribution is 6.05. The van der Waals surface area contributed by atoms with Gasteiger partial charge in [0.2, 0.25) is 0 Å². The fraction of sp³-hybridized carbons (Fsp3) is 0.111. The van der Waals surface area contributed by atoms with Crippen molar-refractivity contribution >= 4 is 17.6 Å². The number of hydrogen-bond acceptors (Lipinski definition) is 3. The molecule has 0 radical (unpaired) electrons. The van der Waals surface area contributed by atoms with Crippen LogP contribution in [0.3, 0.4) is 0 Å². The first-order valence-electron chi connectivity index (χ1n) is 4.18. The molecule has 2 amide bonds. The Morgan fingerprint density at radius 3 is 2.53 bits per heavy atom. The van der Waals surface area contributed by atoms with Crippen LogP contribution in [0.2, 0.25) is 0 Å². The predicted octanol–water partition coefficient (Wildman–Crippen LogP) is 0.296. The molecule has 1 rings (SSSR count). The van der Waals surface area contributed by atoms with Crippen molar-refractivity contribution in [3.63, 3.8) is 0 Å².